The van der Waals surface area contributed by atoms with E-state index in [-0.39, 0.29) is 18.4 Å². The Labute approximate surface area is 147 Å². The molecule has 0 bridgehead atoms. The molecule has 136 valence electrons. The molecule has 1 aromatic rings. The van der Waals surface area contributed by atoms with Crippen molar-refractivity contribution in [1.82, 2.24) is 14.7 Å². The van der Waals surface area contributed by atoms with E-state index in [2.05, 4.69) is 17.3 Å². The Hall–Kier alpha value is -1.89. The highest BCUT2D eigenvalue weighted by Crippen LogP contribution is 2.48. The molecular formula is C18H26N4O3. The minimum atomic E-state index is -0.700. The number of aromatic nitrogens is 2. The summed E-state index contributed by atoms with van der Waals surface area (Å²) in [7, 11) is 0. The number of likely N-dealkylation sites (tertiary alicyclic amines) is 1. The van der Waals surface area contributed by atoms with Gasteiger partial charge in [0.1, 0.15) is 5.82 Å². The van der Waals surface area contributed by atoms with Crippen molar-refractivity contribution >= 4 is 17.7 Å². The molecule has 3 fully saturated rings. The number of fused-ring (bicyclic) bond motifs is 1. The average molecular weight is 346 g/mol. The summed E-state index contributed by atoms with van der Waals surface area (Å²) in [4.78, 5) is 26.2. The lowest BCUT2D eigenvalue weighted by Crippen LogP contribution is -2.37. The second-order valence-electron chi connectivity index (χ2n) is 8.01. The van der Waals surface area contributed by atoms with Crippen LogP contribution in [0.3, 0.4) is 0 Å². The maximum Gasteiger partial charge on any atom is 0.311 e. The van der Waals surface area contributed by atoms with Gasteiger partial charge >= 0.3 is 5.97 Å². The molecule has 7 heteroatoms. The van der Waals surface area contributed by atoms with Gasteiger partial charge < -0.3 is 10.4 Å². The number of carbonyl (C=O) groups excluding carboxylic acids is 1. The van der Waals surface area contributed by atoms with Gasteiger partial charge in [-0.15, -0.1) is 0 Å². The van der Waals surface area contributed by atoms with Crippen LogP contribution in [0.1, 0.15) is 45.1 Å². The van der Waals surface area contributed by atoms with Gasteiger partial charge in [0.05, 0.1) is 24.2 Å². The molecule has 0 radical (unpaired) electrons. The summed E-state index contributed by atoms with van der Waals surface area (Å²) in [5.74, 6) is 0.776. The van der Waals surface area contributed by atoms with Gasteiger partial charge in [-0.05, 0) is 44.4 Å². The number of rotatable bonds is 6. The van der Waals surface area contributed by atoms with Crippen molar-refractivity contribution in [3.05, 3.63) is 12.3 Å². The third kappa shape index (κ3) is 2.94. The number of hydrogen-bond acceptors (Lipinski definition) is 4. The molecule has 3 aliphatic rings. The highest BCUT2D eigenvalue weighted by Gasteiger charge is 2.54. The second kappa shape index (κ2) is 6.12. The SMILES string of the molecule is CC(C1CC1)n1nccc1NC(=O)CN1C[C@@H]2CCC[C@@]2(C(=O)O)C1. The predicted octanol–water partition coefficient (Wildman–Crippen LogP) is 1.98. The van der Waals surface area contributed by atoms with Crippen molar-refractivity contribution in [2.75, 3.05) is 25.0 Å². The molecule has 2 N–H and O–H groups in total. The number of carbonyl (C=O) groups is 2. The molecule has 1 amide bonds. The van der Waals surface area contributed by atoms with Crippen LogP contribution in [-0.2, 0) is 9.59 Å². The van der Waals surface area contributed by atoms with Crippen LogP contribution in [0, 0.1) is 17.3 Å². The van der Waals surface area contributed by atoms with Gasteiger partial charge in [-0.1, -0.05) is 6.42 Å². The zero-order chi connectivity index (χ0) is 17.6. The van der Waals surface area contributed by atoms with Gasteiger partial charge in [-0.3, -0.25) is 14.5 Å². The molecule has 0 aromatic carbocycles. The van der Waals surface area contributed by atoms with E-state index in [1.54, 1.807) is 6.20 Å². The zero-order valence-electron chi connectivity index (χ0n) is 14.6. The highest BCUT2D eigenvalue weighted by molar-refractivity contribution is 5.91. The number of aliphatic carboxylic acids is 1. The molecule has 3 atom stereocenters. The van der Waals surface area contributed by atoms with Crippen molar-refractivity contribution < 1.29 is 14.7 Å². The Morgan fingerprint density at radius 1 is 1.44 bits per heavy atom. The van der Waals surface area contributed by atoms with E-state index in [1.807, 2.05) is 15.6 Å². The fourth-order valence-electron chi connectivity index (χ4n) is 4.76. The molecule has 25 heavy (non-hydrogen) atoms. The van der Waals surface area contributed by atoms with E-state index in [1.165, 1.54) is 12.8 Å². The summed E-state index contributed by atoms with van der Waals surface area (Å²) in [6.07, 6.45) is 6.83. The van der Waals surface area contributed by atoms with Crippen LogP contribution in [0.5, 0.6) is 0 Å². The third-order valence-corrected chi connectivity index (χ3v) is 6.36. The molecule has 0 spiro atoms. The van der Waals surface area contributed by atoms with E-state index in [4.69, 9.17) is 0 Å². The minimum Gasteiger partial charge on any atom is -0.481 e. The van der Waals surface area contributed by atoms with Crippen LogP contribution in [0.25, 0.3) is 0 Å². The normalized spacial score (nSPS) is 30.2. The predicted molar refractivity (Wildman–Crippen MR) is 92.1 cm³/mol. The number of amides is 1. The maximum absolute atomic E-state index is 12.5. The Balaban J connectivity index is 1.37. The summed E-state index contributed by atoms with van der Waals surface area (Å²) >= 11 is 0. The first kappa shape index (κ1) is 16.6. The first-order valence-electron chi connectivity index (χ1n) is 9.29. The van der Waals surface area contributed by atoms with Crippen LogP contribution in [0.4, 0.5) is 5.82 Å². The zero-order valence-corrected chi connectivity index (χ0v) is 14.6. The Bertz CT molecular complexity index is 684. The van der Waals surface area contributed by atoms with Gasteiger partial charge in [0.25, 0.3) is 0 Å². The number of nitrogens with one attached hydrogen (secondary N) is 1. The van der Waals surface area contributed by atoms with Crippen molar-refractivity contribution in [3.63, 3.8) is 0 Å². The molecule has 2 aliphatic carbocycles. The number of carboxylic acids is 1. The maximum atomic E-state index is 12.5. The molecule has 4 rings (SSSR count). The Morgan fingerprint density at radius 3 is 2.92 bits per heavy atom. The number of nitrogens with zero attached hydrogens (tertiary/aromatic N) is 3. The molecule has 1 aromatic heterocycles. The largest absolute Gasteiger partial charge is 0.481 e. The fourth-order valence-corrected chi connectivity index (χ4v) is 4.76. The standard InChI is InChI=1S/C18H26N4O3/c1-12(13-4-5-13)22-15(6-8-19-22)20-16(23)10-21-9-14-3-2-7-18(14,11-21)17(24)25/h6,8,12-14H,2-5,7,9-11H2,1H3,(H,20,23)(H,24,25)/t12?,14-,18+/m0/s1. The Kier molecular flexibility index (Phi) is 4.06. The van der Waals surface area contributed by atoms with Gasteiger partial charge in [0.2, 0.25) is 5.91 Å². The second-order valence-corrected chi connectivity index (χ2v) is 8.01. The van der Waals surface area contributed by atoms with E-state index in [0.29, 0.717) is 25.0 Å². The monoisotopic (exact) mass is 346 g/mol. The summed E-state index contributed by atoms with van der Waals surface area (Å²) < 4.78 is 1.90. The van der Waals surface area contributed by atoms with Crippen LogP contribution < -0.4 is 5.32 Å². The van der Waals surface area contributed by atoms with E-state index in [0.717, 1.165) is 25.1 Å². The van der Waals surface area contributed by atoms with E-state index in [9.17, 15) is 14.7 Å². The first-order chi connectivity index (χ1) is 12.0. The van der Waals surface area contributed by atoms with Crippen LogP contribution in [0.15, 0.2) is 12.3 Å². The third-order valence-electron chi connectivity index (χ3n) is 6.36. The number of hydrogen-bond donors (Lipinski definition) is 2. The summed E-state index contributed by atoms with van der Waals surface area (Å²) in [5.41, 5.74) is -0.636. The molecule has 1 saturated heterocycles. The fraction of sp³-hybridized carbons (Fsp3) is 0.722. The molecule has 7 nitrogen and oxygen atoms in total. The van der Waals surface area contributed by atoms with Crippen LogP contribution in [-0.4, -0.2) is 51.3 Å². The average Bonchev–Trinajstić information content (AvgIpc) is 3.01. The van der Waals surface area contributed by atoms with Gasteiger partial charge in [0.15, 0.2) is 0 Å². The lowest BCUT2D eigenvalue weighted by Gasteiger charge is -2.23. The van der Waals surface area contributed by atoms with Crippen molar-refractivity contribution in [1.29, 1.82) is 0 Å². The molecule has 2 heterocycles. The van der Waals surface area contributed by atoms with Crippen molar-refractivity contribution in [3.8, 4) is 0 Å². The minimum absolute atomic E-state index is 0.0924. The molecule has 1 unspecified atom stereocenters. The van der Waals surface area contributed by atoms with Crippen molar-refractivity contribution in [2.24, 2.45) is 17.3 Å². The molecule has 1 aliphatic heterocycles. The van der Waals surface area contributed by atoms with Gasteiger partial charge in [-0.2, -0.15) is 5.10 Å². The lowest BCUT2D eigenvalue weighted by molar-refractivity contribution is -0.149. The lowest BCUT2D eigenvalue weighted by atomic mass is 9.81. The van der Waals surface area contributed by atoms with Crippen LogP contribution >= 0.6 is 0 Å². The molecule has 2 saturated carbocycles. The van der Waals surface area contributed by atoms with Gasteiger partial charge in [-0.25, -0.2) is 4.68 Å². The first-order valence-corrected chi connectivity index (χ1v) is 9.29. The number of carboxylic acid groups (broad SMARTS) is 1. The summed E-state index contributed by atoms with van der Waals surface area (Å²) in [5, 5.41) is 17.0. The summed E-state index contributed by atoms with van der Waals surface area (Å²) in [6, 6.07) is 2.13. The topological polar surface area (TPSA) is 87.5 Å². The quantitative estimate of drug-likeness (QED) is 0.822. The Morgan fingerprint density at radius 2 is 2.24 bits per heavy atom. The highest BCUT2D eigenvalue weighted by atomic mass is 16.4. The van der Waals surface area contributed by atoms with Gasteiger partial charge in [0, 0.05) is 19.2 Å². The van der Waals surface area contributed by atoms with Crippen molar-refractivity contribution in [2.45, 2.75) is 45.1 Å². The number of anilines is 1. The molecular weight excluding hydrogens is 320 g/mol. The summed E-state index contributed by atoms with van der Waals surface area (Å²) in [6.45, 7) is 3.57. The smallest absolute Gasteiger partial charge is 0.311 e. The van der Waals surface area contributed by atoms with Crippen LogP contribution in [0.2, 0.25) is 0 Å². The van der Waals surface area contributed by atoms with E-state index >= 15 is 0 Å². The van der Waals surface area contributed by atoms with E-state index < -0.39 is 11.4 Å².